The van der Waals surface area contributed by atoms with Gasteiger partial charge in [-0.05, 0) is 19.8 Å². The van der Waals surface area contributed by atoms with Gasteiger partial charge in [0, 0.05) is 6.54 Å². The summed E-state index contributed by atoms with van der Waals surface area (Å²) in [7, 11) is 0. The van der Waals surface area contributed by atoms with Gasteiger partial charge < -0.3 is 5.73 Å². The lowest BCUT2D eigenvalue weighted by Crippen LogP contribution is -1.94. The SMILES string of the molecule is CCCCCCC(C)=CCN. The summed E-state index contributed by atoms with van der Waals surface area (Å²) in [6.45, 7) is 5.10. The lowest BCUT2D eigenvalue weighted by atomic mass is 10.1. The normalized spacial score (nSPS) is 12.1. The second-order valence-corrected chi connectivity index (χ2v) is 3.10. The van der Waals surface area contributed by atoms with E-state index in [4.69, 9.17) is 5.73 Å². The number of nitrogens with two attached hydrogens (primary N) is 1. The largest absolute Gasteiger partial charge is 0.327 e. The molecule has 0 aromatic heterocycles. The summed E-state index contributed by atoms with van der Waals surface area (Å²) in [5.74, 6) is 0. The smallest absolute Gasteiger partial charge is 0.0109 e. The third-order valence-corrected chi connectivity index (χ3v) is 1.89. The van der Waals surface area contributed by atoms with E-state index in [1.165, 1.54) is 37.7 Å². The van der Waals surface area contributed by atoms with Gasteiger partial charge in [-0.3, -0.25) is 0 Å². The number of unbranched alkanes of at least 4 members (excludes halogenated alkanes) is 3. The van der Waals surface area contributed by atoms with Crippen LogP contribution in [0.3, 0.4) is 0 Å². The van der Waals surface area contributed by atoms with Crippen molar-refractivity contribution in [3.8, 4) is 0 Å². The molecule has 2 N–H and O–H groups in total. The number of hydrogen-bond acceptors (Lipinski definition) is 1. The minimum absolute atomic E-state index is 0.694. The van der Waals surface area contributed by atoms with Crippen molar-refractivity contribution in [2.45, 2.75) is 46.0 Å². The van der Waals surface area contributed by atoms with E-state index in [1.807, 2.05) is 0 Å². The monoisotopic (exact) mass is 155 g/mol. The first kappa shape index (κ1) is 10.7. The van der Waals surface area contributed by atoms with Gasteiger partial charge in [0.15, 0.2) is 0 Å². The average Bonchev–Trinajstić information content (AvgIpc) is 1.99. The van der Waals surface area contributed by atoms with E-state index < -0.39 is 0 Å². The molecule has 1 heteroatoms. The van der Waals surface area contributed by atoms with Gasteiger partial charge in [0.1, 0.15) is 0 Å². The zero-order valence-electron chi connectivity index (χ0n) is 7.90. The molecular formula is C10H21N. The Morgan fingerprint density at radius 3 is 2.55 bits per heavy atom. The van der Waals surface area contributed by atoms with Gasteiger partial charge in [-0.2, -0.15) is 0 Å². The topological polar surface area (TPSA) is 26.0 Å². The van der Waals surface area contributed by atoms with Crippen LogP contribution in [0.5, 0.6) is 0 Å². The minimum Gasteiger partial charge on any atom is -0.327 e. The van der Waals surface area contributed by atoms with E-state index in [0.717, 1.165) is 0 Å². The number of rotatable bonds is 6. The van der Waals surface area contributed by atoms with Crippen molar-refractivity contribution in [1.29, 1.82) is 0 Å². The molecule has 11 heavy (non-hydrogen) atoms. The molecule has 0 atom stereocenters. The first-order valence-electron chi connectivity index (χ1n) is 4.67. The molecule has 66 valence electrons. The zero-order valence-corrected chi connectivity index (χ0v) is 7.90. The van der Waals surface area contributed by atoms with Crippen molar-refractivity contribution in [3.63, 3.8) is 0 Å². The predicted octanol–water partition coefficient (Wildman–Crippen LogP) is 2.86. The van der Waals surface area contributed by atoms with Crippen molar-refractivity contribution >= 4 is 0 Å². The fourth-order valence-corrected chi connectivity index (χ4v) is 1.13. The van der Waals surface area contributed by atoms with E-state index in [2.05, 4.69) is 19.9 Å². The van der Waals surface area contributed by atoms with Crippen LogP contribution >= 0.6 is 0 Å². The fraction of sp³-hybridized carbons (Fsp3) is 0.800. The minimum atomic E-state index is 0.694. The molecule has 0 unspecified atom stereocenters. The summed E-state index contributed by atoms with van der Waals surface area (Å²) in [5.41, 5.74) is 6.83. The van der Waals surface area contributed by atoms with E-state index in [9.17, 15) is 0 Å². The maximum absolute atomic E-state index is 5.38. The van der Waals surface area contributed by atoms with Crippen molar-refractivity contribution in [3.05, 3.63) is 11.6 Å². The summed E-state index contributed by atoms with van der Waals surface area (Å²) in [4.78, 5) is 0. The summed E-state index contributed by atoms with van der Waals surface area (Å²) in [6, 6.07) is 0. The first-order valence-corrected chi connectivity index (χ1v) is 4.67. The Labute approximate surface area is 70.7 Å². The maximum Gasteiger partial charge on any atom is 0.0109 e. The quantitative estimate of drug-likeness (QED) is 0.463. The van der Waals surface area contributed by atoms with Crippen LogP contribution in [0.1, 0.15) is 46.0 Å². The van der Waals surface area contributed by atoms with Crippen LogP contribution in [-0.4, -0.2) is 6.54 Å². The van der Waals surface area contributed by atoms with Crippen LogP contribution in [0.15, 0.2) is 11.6 Å². The molecule has 0 rings (SSSR count). The molecular weight excluding hydrogens is 134 g/mol. The average molecular weight is 155 g/mol. The third-order valence-electron chi connectivity index (χ3n) is 1.89. The van der Waals surface area contributed by atoms with Crippen molar-refractivity contribution < 1.29 is 0 Å². The van der Waals surface area contributed by atoms with E-state index >= 15 is 0 Å². The van der Waals surface area contributed by atoms with Gasteiger partial charge >= 0.3 is 0 Å². The molecule has 0 fully saturated rings. The van der Waals surface area contributed by atoms with Crippen LogP contribution in [0.2, 0.25) is 0 Å². The molecule has 0 aliphatic carbocycles. The zero-order chi connectivity index (χ0) is 8.53. The summed E-state index contributed by atoms with van der Waals surface area (Å²) in [5, 5.41) is 0. The molecule has 0 saturated heterocycles. The Bertz CT molecular complexity index is 105. The lowest BCUT2D eigenvalue weighted by Gasteiger charge is -1.99. The molecule has 0 radical (unpaired) electrons. The second kappa shape index (κ2) is 7.80. The molecule has 1 nitrogen and oxygen atoms in total. The standard InChI is InChI=1S/C10H21N/c1-3-4-5-6-7-10(2)8-9-11/h8H,3-7,9,11H2,1-2H3. The van der Waals surface area contributed by atoms with Crippen molar-refractivity contribution in [2.75, 3.05) is 6.54 Å². The van der Waals surface area contributed by atoms with Gasteiger partial charge in [-0.1, -0.05) is 37.8 Å². The van der Waals surface area contributed by atoms with Gasteiger partial charge in [-0.25, -0.2) is 0 Å². The van der Waals surface area contributed by atoms with Crippen LogP contribution in [0, 0.1) is 0 Å². The highest BCUT2D eigenvalue weighted by Gasteiger charge is 1.89. The first-order chi connectivity index (χ1) is 5.31. The van der Waals surface area contributed by atoms with E-state index in [0.29, 0.717) is 6.54 Å². The maximum atomic E-state index is 5.38. The van der Waals surface area contributed by atoms with E-state index in [1.54, 1.807) is 0 Å². The summed E-state index contributed by atoms with van der Waals surface area (Å²) in [6.07, 6.45) is 8.74. The summed E-state index contributed by atoms with van der Waals surface area (Å²) >= 11 is 0. The van der Waals surface area contributed by atoms with Crippen LogP contribution in [0.25, 0.3) is 0 Å². The lowest BCUT2D eigenvalue weighted by molar-refractivity contribution is 0.663. The number of allylic oxidation sites excluding steroid dienone is 1. The molecule has 0 bridgehead atoms. The Morgan fingerprint density at radius 2 is 2.00 bits per heavy atom. The van der Waals surface area contributed by atoms with Crippen LogP contribution < -0.4 is 5.73 Å². The predicted molar refractivity (Wildman–Crippen MR) is 51.6 cm³/mol. The molecule has 0 saturated carbocycles. The molecule has 0 aliphatic rings. The van der Waals surface area contributed by atoms with Gasteiger partial charge in [0.25, 0.3) is 0 Å². The molecule has 0 spiro atoms. The van der Waals surface area contributed by atoms with Crippen LogP contribution in [0.4, 0.5) is 0 Å². The third kappa shape index (κ3) is 7.60. The molecule has 0 amide bonds. The molecule has 0 aliphatic heterocycles. The second-order valence-electron chi connectivity index (χ2n) is 3.10. The highest BCUT2D eigenvalue weighted by Crippen LogP contribution is 2.08. The highest BCUT2D eigenvalue weighted by molar-refractivity contribution is 4.98. The van der Waals surface area contributed by atoms with Gasteiger partial charge in [0.2, 0.25) is 0 Å². The Morgan fingerprint density at radius 1 is 1.27 bits per heavy atom. The Hall–Kier alpha value is -0.300. The number of hydrogen-bond donors (Lipinski definition) is 1. The van der Waals surface area contributed by atoms with Crippen LogP contribution in [-0.2, 0) is 0 Å². The van der Waals surface area contributed by atoms with E-state index in [-0.39, 0.29) is 0 Å². The van der Waals surface area contributed by atoms with Gasteiger partial charge in [-0.15, -0.1) is 0 Å². The Balaban J connectivity index is 3.17. The Kier molecular flexibility index (Phi) is 7.59. The molecule has 0 aromatic carbocycles. The van der Waals surface area contributed by atoms with Crippen molar-refractivity contribution in [1.82, 2.24) is 0 Å². The fourth-order valence-electron chi connectivity index (χ4n) is 1.13. The highest BCUT2D eigenvalue weighted by atomic mass is 14.5. The molecule has 0 aromatic rings. The molecule has 0 heterocycles. The van der Waals surface area contributed by atoms with Gasteiger partial charge in [0.05, 0.1) is 0 Å². The van der Waals surface area contributed by atoms with Crippen molar-refractivity contribution in [2.24, 2.45) is 5.73 Å². The summed E-state index contributed by atoms with van der Waals surface area (Å²) < 4.78 is 0.